The summed E-state index contributed by atoms with van der Waals surface area (Å²) in [6.07, 6.45) is 0. The van der Waals surface area contributed by atoms with Crippen molar-refractivity contribution >= 4 is 17.5 Å². The summed E-state index contributed by atoms with van der Waals surface area (Å²) in [7, 11) is 0. The molecule has 0 aliphatic carbocycles. The van der Waals surface area contributed by atoms with Gasteiger partial charge in [-0.1, -0.05) is 41.9 Å². The highest BCUT2D eigenvalue weighted by molar-refractivity contribution is 6.33. The average molecular weight is 367 g/mol. The molecule has 1 aliphatic heterocycles. The highest BCUT2D eigenvalue weighted by Gasteiger charge is 2.41. The van der Waals surface area contributed by atoms with E-state index in [-0.39, 0.29) is 17.6 Å². The predicted octanol–water partition coefficient (Wildman–Crippen LogP) is 4.51. The summed E-state index contributed by atoms with van der Waals surface area (Å²) < 4.78 is 18.8. The normalized spacial score (nSPS) is 18.7. The van der Waals surface area contributed by atoms with Crippen molar-refractivity contribution in [3.63, 3.8) is 0 Å². The fourth-order valence-corrected chi connectivity index (χ4v) is 3.45. The standard InChI is InChI=1S/C19H12ClFN4O/c20-14-4-2-1-3-12(14)17-16-15(10-5-7-11(21)8-6-10)13(9-22)18(23)26-19(16)25-24-17/h1-8,13,15,23H,(H,24,25). The molecule has 0 radical (unpaired) electrons. The summed E-state index contributed by atoms with van der Waals surface area (Å²) in [5.41, 5.74) is 2.66. The van der Waals surface area contributed by atoms with Crippen molar-refractivity contribution in [2.75, 3.05) is 0 Å². The van der Waals surface area contributed by atoms with Gasteiger partial charge in [0.25, 0.3) is 0 Å². The molecule has 1 aromatic heterocycles. The zero-order valence-corrected chi connectivity index (χ0v) is 14.1. The fourth-order valence-electron chi connectivity index (χ4n) is 3.22. The topological polar surface area (TPSA) is 85.6 Å². The van der Waals surface area contributed by atoms with Crippen LogP contribution >= 0.6 is 11.6 Å². The largest absolute Gasteiger partial charge is 0.422 e. The summed E-state index contributed by atoms with van der Waals surface area (Å²) >= 11 is 6.33. The van der Waals surface area contributed by atoms with E-state index in [9.17, 15) is 9.65 Å². The summed E-state index contributed by atoms with van der Waals surface area (Å²) in [4.78, 5) is 0. The summed E-state index contributed by atoms with van der Waals surface area (Å²) in [6, 6.07) is 15.2. The first kappa shape index (κ1) is 16.3. The predicted molar refractivity (Wildman–Crippen MR) is 94.7 cm³/mol. The second-order valence-corrected chi connectivity index (χ2v) is 6.31. The molecule has 0 saturated heterocycles. The van der Waals surface area contributed by atoms with Crippen LogP contribution in [0.25, 0.3) is 11.3 Å². The molecular weight excluding hydrogens is 355 g/mol. The lowest BCUT2D eigenvalue weighted by Crippen LogP contribution is -2.30. The Kier molecular flexibility index (Phi) is 3.94. The number of nitrogens with zero attached hydrogens (tertiary/aromatic N) is 2. The molecule has 0 saturated carbocycles. The van der Waals surface area contributed by atoms with Crippen LogP contribution in [-0.2, 0) is 0 Å². The van der Waals surface area contributed by atoms with Crippen molar-refractivity contribution in [1.82, 2.24) is 10.2 Å². The van der Waals surface area contributed by atoms with Gasteiger partial charge in [-0.3, -0.25) is 10.5 Å². The van der Waals surface area contributed by atoms with Gasteiger partial charge in [-0.2, -0.15) is 5.26 Å². The number of fused-ring (bicyclic) bond motifs is 1. The lowest BCUT2D eigenvalue weighted by Gasteiger charge is -2.28. The maximum Gasteiger partial charge on any atom is 0.244 e. The number of nitriles is 1. The Morgan fingerprint density at radius 1 is 1.19 bits per heavy atom. The highest BCUT2D eigenvalue weighted by atomic mass is 35.5. The molecule has 3 aromatic rings. The van der Waals surface area contributed by atoms with Crippen molar-refractivity contribution in [3.05, 3.63) is 70.5 Å². The molecule has 0 bridgehead atoms. The third-order valence-corrected chi connectivity index (χ3v) is 4.74. The fraction of sp³-hybridized carbons (Fsp3) is 0.105. The van der Waals surface area contributed by atoms with E-state index in [1.54, 1.807) is 18.2 Å². The van der Waals surface area contributed by atoms with Gasteiger partial charge < -0.3 is 4.74 Å². The maximum absolute atomic E-state index is 13.4. The first-order valence-corrected chi connectivity index (χ1v) is 8.22. The first-order valence-electron chi connectivity index (χ1n) is 7.84. The Labute approximate surface area is 153 Å². The minimum Gasteiger partial charge on any atom is -0.422 e. The number of rotatable bonds is 2. The lowest BCUT2D eigenvalue weighted by atomic mass is 9.79. The molecule has 7 heteroatoms. The van der Waals surface area contributed by atoms with E-state index in [1.807, 2.05) is 18.2 Å². The van der Waals surface area contributed by atoms with E-state index in [1.165, 1.54) is 12.1 Å². The number of hydrogen-bond acceptors (Lipinski definition) is 4. The van der Waals surface area contributed by atoms with Crippen LogP contribution in [-0.4, -0.2) is 16.1 Å². The Hall–Kier alpha value is -3.17. The number of hydrogen-bond donors (Lipinski definition) is 2. The lowest BCUT2D eigenvalue weighted by molar-refractivity contribution is 0.437. The zero-order chi connectivity index (χ0) is 18.3. The van der Waals surface area contributed by atoms with Gasteiger partial charge in [-0.15, -0.1) is 5.10 Å². The van der Waals surface area contributed by atoms with Crippen LogP contribution in [0.2, 0.25) is 5.02 Å². The number of aromatic amines is 1. The SMILES string of the molecule is N#CC1C(=N)Oc2n[nH]c(-c3ccccc3Cl)c2C1c1ccc(F)cc1. The van der Waals surface area contributed by atoms with Crippen LogP contribution in [0.1, 0.15) is 17.0 Å². The maximum atomic E-state index is 13.4. The summed E-state index contributed by atoms with van der Waals surface area (Å²) in [5, 5.41) is 25.3. The second kappa shape index (κ2) is 6.28. The van der Waals surface area contributed by atoms with Crippen molar-refractivity contribution in [1.29, 1.82) is 10.7 Å². The van der Waals surface area contributed by atoms with E-state index in [2.05, 4.69) is 16.3 Å². The molecular formula is C19H12ClFN4O. The Morgan fingerprint density at radius 3 is 2.62 bits per heavy atom. The van der Waals surface area contributed by atoms with Crippen molar-refractivity contribution in [3.8, 4) is 23.2 Å². The quantitative estimate of drug-likeness (QED) is 0.699. The molecule has 1 aliphatic rings. The highest BCUT2D eigenvalue weighted by Crippen LogP contribution is 2.46. The van der Waals surface area contributed by atoms with Gasteiger partial charge in [-0.05, 0) is 23.8 Å². The monoisotopic (exact) mass is 366 g/mol. The average Bonchev–Trinajstić information content (AvgIpc) is 3.05. The van der Waals surface area contributed by atoms with Gasteiger partial charge in [0, 0.05) is 16.5 Å². The van der Waals surface area contributed by atoms with Gasteiger partial charge in [0.05, 0.1) is 17.3 Å². The van der Waals surface area contributed by atoms with Crippen molar-refractivity contribution < 1.29 is 9.13 Å². The molecule has 4 rings (SSSR count). The minimum absolute atomic E-state index is 0.188. The molecule has 5 nitrogen and oxygen atoms in total. The van der Waals surface area contributed by atoms with Gasteiger partial charge in [0.15, 0.2) is 0 Å². The summed E-state index contributed by atoms with van der Waals surface area (Å²) in [6.45, 7) is 0. The number of H-pyrrole nitrogens is 1. The molecule has 0 fully saturated rings. The molecule has 2 aromatic carbocycles. The molecule has 26 heavy (non-hydrogen) atoms. The van der Waals surface area contributed by atoms with Crippen LogP contribution in [0.5, 0.6) is 5.88 Å². The van der Waals surface area contributed by atoms with Gasteiger partial charge in [0.1, 0.15) is 11.7 Å². The van der Waals surface area contributed by atoms with E-state index in [0.29, 0.717) is 27.4 Å². The third kappa shape index (κ3) is 2.54. The molecule has 2 atom stereocenters. The molecule has 0 amide bonds. The van der Waals surface area contributed by atoms with Crippen LogP contribution in [0.4, 0.5) is 4.39 Å². The Bertz CT molecular complexity index is 1040. The molecule has 2 heterocycles. The van der Waals surface area contributed by atoms with E-state index >= 15 is 0 Å². The number of ether oxygens (including phenoxy) is 1. The number of aromatic nitrogens is 2. The third-order valence-electron chi connectivity index (χ3n) is 4.41. The molecule has 128 valence electrons. The van der Waals surface area contributed by atoms with Gasteiger partial charge in [0.2, 0.25) is 11.8 Å². The molecule has 0 spiro atoms. The Morgan fingerprint density at radius 2 is 1.92 bits per heavy atom. The minimum atomic E-state index is -0.855. The smallest absolute Gasteiger partial charge is 0.244 e. The second-order valence-electron chi connectivity index (χ2n) is 5.90. The molecule has 2 N–H and O–H groups in total. The first-order chi connectivity index (χ1) is 12.6. The Balaban J connectivity index is 1.96. The van der Waals surface area contributed by atoms with Gasteiger partial charge >= 0.3 is 0 Å². The van der Waals surface area contributed by atoms with Crippen LogP contribution in [0.15, 0.2) is 48.5 Å². The zero-order valence-electron chi connectivity index (χ0n) is 13.3. The summed E-state index contributed by atoms with van der Waals surface area (Å²) in [5.74, 6) is -1.71. The van der Waals surface area contributed by atoms with E-state index < -0.39 is 11.8 Å². The van der Waals surface area contributed by atoms with E-state index in [0.717, 1.165) is 0 Å². The van der Waals surface area contributed by atoms with E-state index in [4.69, 9.17) is 21.7 Å². The number of halogens is 2. The number of nitrogens with one attached hydrogen (secondary N) is 2. The van der Waals surface area contributed by atoms with Crippen LogP contribution in [0.3, 0.4) is 0 Å². The van der Waals surface area contributed by atoms with Crippen LogP contribution < -0.4 is 4.74 Å². The number of benzene rings is 2. The van der Waals surface area contributed by atoms with Crippen molar-refractivity contribution in [2.45, 2.75) is 5.92 Å². The van der Waals surface area contributed by atoms with Crippen molar-refractivity contribution in [2.24, 2.45) is 5.92 Å². The van der Waals surface area contributed by atoms with Crippen LogP contribution in [0, 0.1) is 28.5 Å². The van der Waals surface area contributed by atoms with Gasteiger partial charge in [-0.25, -0.2) is 4.39 Å². The molecule has 2 unspecified atom stereocenters.